The zero-order valence-electron chi connectivity index (χ0n) is 7.96. The topological polar surface area (TPSA) is 37.4 Å². The molecule has 15 heavy (non-hydrogen) atoms. The van der Waals surface area contributed by atoms with Gasteiger partial charge in [0.25, 0.3) is 0 Å². The van der Waals surface area contributed by atoms with Crippen LogP contribution < -0.4 is 0 Å². The van der Waals surface area contributed by atoms with Crippen molar-refractivity contribution in [1.82, 2.24) is 4.31 Å². The first kappa shape index (κ1) is 12.5. The average Bonchev–Trinajstić information content (AvgIpc) is 2.00. The SMILES string of the molecule is CN(C)S(=O)(=O)c1c(F)cc(F)cc1Br. The molecule has 84 valence electrons. The van der Waals surface area contributed by atoms with E-state index in [0.29, 0.717) is 6.07 Å². The first-order valence-electron chi connectivity index (χ1n) is 3.84. The summed E-state index contributed by atoms with van der Waals surface area (Å²) in [5.41, 5.74) is 0. The Kier molecular flexibility index (Phi) is 3.47. The molecule has 0 atom stereocenters. The molecule has 0 aliphatic heterocycles. The third kappa shape index (κ3) is 2.35. The number of sulfonamides is 1. The average molecular weight is 300 g/mol. The lowest BCUT2D eigenvalue weighted by Crippen LogP contribution is -2.23. The van der Waals surface area contributed by atoms with Gasteiger partial charge in [0.15, 0.2) is 0 Å². The lowest BCUT2D eigenvalue weighted by atomic mass is 10.3. The second-order valence-corrected chi connectivity index (χ2v) is 5.93. The second kappa shape index (κ2) is 4.15. The fraction of sp³-hybridized carbons (Fsp3) is 0.250. The van der Waals surface area contributed by atoms with Crippen LogP contribution in [0.15, 0.2) is 21.5 Å². The highest BCUT2D eigenvalue weighted by atomic mass is 79.9. The first-order valence-corrected chi connectivity index (χ1v) is 6.07. The van der Waals surface area contributed by atoms with Crippen molar-refractivity contribution < 1.29 is 17.2 Å². The van der Waals surface area contributed by atoms with Gasteiger partial charge < -0.3 is 0 Å². The Bertz CT molecular complexity index is 464. The zero-order chi connectivity index (χ0) is 11.8. The molecular weight excluding hydrogens is 292 g/mol. The summed E-state index contributed by atoms with van der Waals surface area (Å²) in [7, 11) is -1.37. The van der Waals surface area contributed by atoms with Crippen molar-refractivity contribution in [3.8, 4) is 0 Å². The van der Waals surface area contributed by atoms with Gasteiger partial charge in [-0.05, 0) is 22.0 Å². The van der Waals surface area contributed by atoms with Gasteiger partial charge in [0.2, 0.25) is 10.0 Å². The predicted octanol–water partition coefficient (Wildman–Crippen LogP) is 1.98. The lowest BCUT2D eigenvalue weighted by molar-refractivity contribution is 0.502. The van der Waals surface area contributed by atoms with E-state index in [1.165, 1.54) is 14.1 Å². The van der Waals surface area contributed by atoms with Gasteiger partial charge >= 0.3 is 0 Å². The number of rotatable bonds is 2. The standard InChI is InChI=1S/C8H8BrF2NO2S/c1-12(2)15(13,14)8-6(9)3-5(10)4-7(8)11/h3-4H,1-2H3. The van der Waals surface area contributed by atoms with E-state index in [-0.39, 0.29) is 4.47 Å². The van der Waals surface area contributed by atoms with Crippen LogP contribution in [0.4, 0.5) is 8.78 Å². The molecule has 0 aliphatic carbocycles. The van der Waals surface area contributed by atoms with Crippen LogP contribution in [0, 0.1) is 11.6 Å². The summed E-state index contributed by atoms with van der Waals surface area (Å²) in [4.78, 5) is -0.561. The van der Waals surface area contributed by atoms with Crippen molar-refractivity contribution in [2.45, 2.75) is 4.90 Å². The molecule has 0 spiro atoms. The van der Waals surface area contributed by atoms with Gasteiger partial charge in [0, 0.05) is 24.6 Å². The number of hydrogen-bond donors (Lipinski definition) is 0. The van der Waals surface area contributed by atoms with Crippen LogP contribution in [0.5, 0.6) is 0 Å². The van der Waals surface area contributed by atoms with E-state index in [0.717, 1.165) is 10.4 Å². The molecule has 1 aromatic rings. The molecule has 0 unspecified atom stereocenters. The van der Waals surface area contributed by atoms with Crippen molar-refractivity contribution >= 4 is 26.0 Å². The van der Waals surface area contributed by atoms with E-state index < -0.39 is 26.6 Å². The minimum atomic E-state index is -3.91. The normalized spacial score (nSPS) is 12.1. The molecule has 0 bridgehead atoms. The van der Waals surface area contributed by atoms with Gasteiger partial charge in [-0.15, -0.1) is 0 Å². The van der Waals surface area contributed by atoms with Gasteiger partial charge in [-0.3, -0.25) is 0 Å². The number of halogens is 3. The molecule has 0 radical (unpaired) electrons. The number of hydrogen-bond acceptors (Lipinski definition) is 2. The third-order valence-electron chi connectivity index (χ3n) is 1.70. The molecule has 0 aromatic heterocycles. The number of nitrogens with zero attached hydrogens (tertiary/aromatic N) is 1. The monoisotopic (exact) mass is 299 g/mol. The van der Waals surface area contributed by atoms with Gasteiger partial charge in [-0.1, -0.05) is 0 Å². The Hall–Kier alpha value is -0.530. The Labute approximate surface area is 94.9 Å². The molecule has 0 fully saturated rings. The maximum absolute atomic E-state index is 13.3. The first-order chi connectivity index (χ1) is 6.76. The minimum Gasteiger partial charge on any atom is -0.207 e. The van der Waals surface area contributed by atoms with Crippen molar-refractivity contribution in [3.05, 3.63) is 28.2 Å². The maximum atomic E-state index is 13.3. The van der Waals surface area contributed by atoms with Crippen molar-refractivity contribution in [2.75, 3.05) is 14.1 Å². The van der Waals surface area contributed by atoms with Crippen LogP contribution in [0.1, 0.15) is 0 Å². The van der Waals surface area contributed by atoms with Crippen LogP contribution in [0.3, 0.4) is 0 Å². The van der Waals surface area contributed by atoms with E-state index in [1.807, 2.05) is 0 Å². The molecule has 7 heteroatoms. The van der Waals surface area contributed by atoms with Crippen molar-refractivity contribution in [1.29, 1.82) is 0 Å². The molecule has 3 nitrogen and oxygen atoms in total. The van der Waals surface area contributed by atoms with Crippen molar-refractivity contribution in [2.24, 2.45) is 0 Å². The second-order valence-electron chi connectivity index (χ2n) is 2.99. The van der Waals surface area contributed by atoms with E-state index in [9.17, 15) is 17.2 Å². The summed E-state index contributed by atoms with van der Waals surface area (Å²) >= 11 is 2.82. The van der Waals surface area contributed by atoms with Gasteiger partial charge in [-0.2, -0.15) is 0 Å². The Morgan fingerprint density at radius 2 is 1.80 bits per heavy atom. The summed E-state index contributed by atoms with van der Waals surface area (Å²) in [6.07, 6.45) is 0. The molecular formula is C8H8BrF2NO2S. The Morgan fingerprint density at radius 1 is 1.27 bits per heavy atom. The molecule has 0 saturated carbocycles. The molecule has 1 aromatic carbocycles. The van der Waals surface area contributed by atoms with Crippen LogP contribution in [0.2, 0.25) is 0 Å². The highest BCUT2D eigenvalue weighted by molar-refractivity contribution is 9.10. The van der Waals surface area contributed by atoms with E-state index in [1.54, 1.807) is 0 Å². The quantitative estimate of drug-likeness (QED) is 0.837. The molecule has 0 aliphatic rings. The summed E-state index contributed by atoms with van der Waals surface area (Å²) in [5, 5.41) is 0. The van der Waals surface area contributed by atoms with Gasteiger partial charge in [-0.25, -0.2) is 21.5 Å². The van der Waals surface area contributed by atoms with Crippen LogP contribution in [-0.4, -0.2) is 26.8 Å². The summed E-state index contributed by atoms with van der Waals surface area (Å²) in [5.74, 6) is -1.95. The fourth-order valence-electron chi connectivity index (χ4n) is 0.958. The number of benzene rings is 1. The van der Waals surface area contributed by atoms with Crippen LogP contribution in [-0.2, 0) is 10.0 Å². The van der Waals surface area contributed by atoms with E-state index >= 15 is 0 Å². The minimum absolute atomic E-state index is 0.131. The molecule has 0 heterocycles. The van der Waals surface area contributed by atoms with Crippen LogP contribution >= 0.6 is 15.9 Å². The highest BCUT2D eigenvalue weighted by Gasteiger charge is 2.25. The highest BCUT2D eigenvalue weighted by Crippen LogP contribution is 2.27. The van der Waals surface area contributed by atoms with Gasteiger partial charge in [0.1, 0.15) is 16.5 Å². The molecule has 0 N–H and O–H groups in total. The van der Waals surface area contributed by atoms with E-state index in [4.69, 9.17) is 0 Å². The third-order valence-corrected chi connectivity index (χ3v) is 4.48. The van der Waals surface area contributed by atoms with E-state index in [2.05, 4.69) is 15.9 Å². The van der Waals surface area contributed by atoms with Crippen LogP contribution in [0.25, 0.3) is 0 Å². The largest absolute Gasteiger partial charge is 0.246 e. The zero-order valence-corrected chi connectivity index (χ0v) is 10.4. The summed E-state index contributed by atoms with van der Waals surface area (Å²) < 4.78 is 50.0. The maximum Gasteiger partial charge on any atom is 0.246 e. The smallest absolute Gasteiger partial charge is 0.207 e. The molecule has 0 saturated heterocycles. The summed E-state index contributed by atoms with van der Waals surface area (Å²) in [6, 6.07) is 1.43. The van der Waals surface area contributed by atoms with Crippen molar-refractivity contribution in [3.63, 3.8) is 0 Å². The lowest BCUT2D eigenvalue weighted by Gasteiger charge is -2.13. The Balaban J connectivity index is 3.52. The fourth-order valence-corrected chi connectivity index (χ4v) is 2.96. The molecule has 1 rings (SSSR count). The van der Waals surface area contributed by atoms with Gasteiger partial charge in [0.05, 0.1) is 0 Å². The molecule has 0 amide bonds. The Morgan fingerprint density at radius 3 is 2.20 bits per heavy atom. The summed E-state index contributed by atoms with van der Waals surface area (Å²) in [6.45, 7) is 0. The predicted molar refractivity (Wildman–Crippen MR) is 54.9 cm³/mol.